The highest BCUT2D eigenvalue weighted by Crippen LogP contribution is 2.46. The lowest BCUT2D eigenvalue weighted by molar-refractivity contribution is -0.133. The Morgan fingerprint density at radius 3 is 2.56 bits per heavy atom. The van der Waals surface area contributed by atoms with Gasteiger partial charge in [-0.05, 0) is 36.8 Å². The first-order chi connectivity index (χ1) is 13.0. The standard InChI is InChI=1S/C22H30N2O3/c1-15-5-3-4-6-19(15)22-20-14-23(12-18(20)13-24(22)16(2)25)21(26)11-17-7-9-27-10-8-17/h3-6,17-18,20,22H,7-14H2,1-2H3/t18-,20-,22-/m1/s1. The van der Waals surface area contributed by atoms with Crippen LogP contribution in [0, 0.1) is 24.7 Å². The Bertz CT molecular complexity index is 713. The van der Waals surface area contributed by atoms with Crippen LogP contribution in [0.3, 0.4) is 0 Å². The fraction of sp³-hybridized carbons (Fsp3) is 0.636. The fourth-order valence-corrected chi connectivity index (χ4v) is 5.22. The lowest BCUT2D eigenvalue weighted by Crippen LogP contribution is -2.37. The number of benzene rings is 1. The molecule has 3 atom stereocenters. The fourth-order valence-electron chi connectivity index (χ4n) is 5.22. The zero-order chi connectivity index (χ0) is 19.0. The average molecular weight is 370 g/mol. The summed E-state index contributed by atoms with van der Waals surface area (Å²) in [7, 11) is 0. The monoisotopic (exact) mass is 370 g/mol. The number of ether oxygens (including phenoxy) is 1. The highest BCUT2D eigenvalue weighted by atomic mass is 16.5. The summed E-state index contributed by atoms with van der Waals surface area (Å²) in [5.41, 5.74) is 2.46. The van der Waals surface area contributed by atoms with Crippen molar-refractivity contribution in [1.82, 2.24) is 9.80 Å². The smallest absolute Gasteiger partial charge is 0.222 e. The molecule has 3 fully saturated rings. The van der Waals surface area contributed by atoms with Gasteiger partial charge in [-0.3, -0.25) is 9.59 Å². The van der Waals surface area contributed by atoms with Gasteiger partial charge in [0, 0.05) is 58.0 Å². The first-order valence-corrected chi connectivity index (χ1v) is 10.2. The zero-order valence-corrected chi connectivity index (χ0v) is 16.4. The number of hydrogen-bond donors (Lipinski definition) is 0. The van der Waals surface area contributed by atoms with Gasteiger partial charge in [0.1, 0.15) is 0 Å². The molecular formula is C22H30N2O3. The lowest BCUT2D eigenvalue weighted by atomic mass is 9.87. The van der Waals surface area contributed by atoms with Gasteiger partial charge in [-0.15, -0.1) is 0 Å². The quantitative estimate of drug-likeness (QED) is 0.822. The van der Waals surface area contributed by atoms with Crippen molar-refractivity contribution in [3.05, 3.63) is 35.4 Å². The predicted octanol–water partition coefficient (Wildman–Crippen LogP) is 2.79. The second-order valence-electron chi connectivity index (χ2n) is 8.46. The van der Waals surface area contributed by atoms with Gasteiger partial charge in [-0.1, -0.05) is 24.3 Å². The third kappa shape index (κ3) is 3.62. The van der Waals surface area contributed by atoms with Gasteiger partial charge in [0.05, 0.1) is 6.04 Å². The maximum absolute atomic E-state index is 12.9. The van der Waals surface area contributed by atoms with Crippen LogP contribution in [0.15, 0.2) is 24.3 Å². The van der Waals surface area contributed by atoms with E-state index >= 15 is 0 Å². The summed E-state index contributed by atoms with van der Waals surface area (Å²) in [4.78, 5) is 29.2. The highest BCUT2D eigenvalue weighted by molar-refractivity contribution is 5.77. The summed E-state index contributed by atoms with van der Waals surface area (Å²) in [5, 5.41) is 0. The zero-order valence-electron chi connectivity index (χ0n) is 16.4. The van der Waals surface area contributed by atoms with Gasteiger partial charge < -0.3 is 14.5 Å². The minimum atomic E-state index is 0.0922. The van der Waals surface area contributed by atoms with Crippen molar-refractivity contribution >= 4 is 11.8 Å². The molecule has 0 N–H and O–H groups in total. The molecule has 4 rings (SSSR count). The maximum Gasteiger partial charge on any atom is 0.222 e. The number of likely N-dealkylation sites (tertiary alicyclic amines) is 2. The van der Waals surface area contributed by atoms with Crippen LogP contribution in [-0.4, -0.2) is 54.5 Å². The van der Waals surface area contributed by atoms with E-state index < -0.39 is 0 Å². The summed E-state index contributed by atoms with van der Waals surface area (Å²) < 4.78 is 5.41. The number of carbonyl (C=O) groups excluding carboxylic acids is 2. The summed E-state index contributed by atoms with van der Waals surface area (Å²) in [6.07, 6.45) is 2.64. The first-order valence-electron chi connectivity index (χ1n) is 10.2. The van der Waals surface area contributed by atoms with Crippen LogP contribution in [0.2, 0.25) is 0 Å². The maximum atomic E-state index is 12.9. The molecule has 27 heavy (non-hydrogen) atoms. The van der Waals surface area contributed by atoms with Crippen LogP contribution in [0.1, 0.15) is 43.4 Å². The van der Waals surface area contributed by atoms with E-state index in [1.165, 1.54) is 11.1 Å². The Hall–Kier alpha value is -1.88. The summed E-state index contributed by atoms with van der Waals surface area (Å²) in [5.74, 6) is 1.62. The molecule has 1 aromatic carbocycles. The number of fused-ring (bicyclic) bond motifs is 1. The van der Waals surface area contributed by atoms with Crippen LogP contribution in [0.5, 0.6) is 0 Å². The van der Waals surface area contributed by atoms with Crippen molar-refractivity contribution in [2.45, 2.75) is 39.2 Å². The molecule has 0 aliphatic carbocycles. The van der Waals surface area contributed by atoms with Gasteiger partial charge in [-0.2, -0.15) is 0 Å². The molecule has 1 aromatic rings. The lowest BCUT2D eigenvalue weighted by Gasteiger charge is -2.30. The predicted molar refractivity (Wildman–Crippen MR) is 103 cm³/mol. The highest BCUT2D eigenvalue weighted by Gasteiger charge is 2.49. The second kappa shape index (κ2) is 7.63. The molecule has 0 saturated carbocycles. The minimum absolute atomic E-state index is 0.0922. The topological polar surface area (TPSA) is 49.9 Å². The summed E-state index contributed by atoms with van der Waals surface area (Å²) >= 11 is 0. The third-order valence-electron chi connectivity index (χ3n) is 6.73. The molecule has 0 spiro atoms. The van der Waals surface area contributed by atoms with E-state index in [2.05, 4.69) is 30.0 Å². The molecule has 3 heterocycles. The molecule has 146 valence electrons. The molecule has 2 amide bonds. The van der Waals surface area contributed by atoms with E-state index in [0.29, 0.717) is 24.2 Å². The Morgan fingerprint density at radius 1 is 1.11 bits per heavy atom. The third-order valence-corrected chi connectivity index (χ3v) is 6.73. The van der Waals surface area contributed by atoms with E-state index in [4.69, 9.17) is 4.74 Å². The molecular weight excluding hydrogens is 340 g/mol. The number of aryl methyl sites for hydroxylation is 1. The van der Waals surface area contributed by atoms with E-state index in [-0.39, 0.29) is 17.9 Å². The Morgan fingerprint density at radius 2 is 1.85 bits per heavy atom. The van der Waals surface area contributed by atoms with Crippen molar-refractivity contribution in [2.24, 2.45) is 17.8 Å². The van der Waals surface area contributed by atoms with Crippen molar-refractivity contribution in [2.75, 3.05) is 32.8 Å². The number of nitrogens with zero attached hydrogens (tertiary/aromatic N) is 2. The van der Waals surface area contributed by atoms with Gasteiger partial charge in [-0.25, -0.2) is 0 Å². The number of amides is 2. The minimum Gasteiger partial charge on any atom is -0.381 e. The Balaban J connectivity index is 1.49. The van der Waals surface area contributed by atoms with Crippen LogP contribution >= 0.6 is 0 Å². The van der Waals surface area contributed by atoms with E-state index in [0.717, 1.165) is 45.7 Å². The van der Waals surface area contributed by atoms with Crippen molar-refractivity contribution < 1.29 is 14.3 Å². The van der Waals surface area contributed by atoms with Crippen LogP contribution in [0.25, 0.3) is 0 Å². The molecule has 5 nitrogen and oxygen atoms in total. The van der Waals surface area contributed by atoms with Crippen LogP contribution in [-0.2, 0) is 14.3 Å². The Kier molecular flexibility index (Phi) is 5.22. The normalized spacial score (nSPS) is 28.4. The molecule has 0 aromatic heterocycles. The average Bonchev–Trinajstić information content (AvgIpc) is 3.21. The van der Waals surface area contributed by atoms with Crippen LogP contribution in [0.4, 0.5) is 0 Å². The number of carbonyl (C=O) groups is 2. The van der Waals surface area contributed by atoms with E-state index in [9.17, 15) is 9.59 Å². The van der Waals surface area contributed by atoms with Gasteiger partial charge in [0.25, 0.3) is 0 Å². The first kappa shape index (κ1) is 18.5. The SMILES string of the molecule is CC(=O)N1C[C@H]2CN(C(=O)CC3CCOCC3)C[C@H]2[C@H]1c1ccccc1C. The van der Waals surface area contributed by atoms with Gasteiger partial charge in [0.2, 0.25) is 11.8 Å². The van der Waals surface area contributed by atoms with Crippen molar-refractivity contribution in [3.8, 4) is 0 Å². The number of rotatable bonds is 3. The molecule has 0 bridgehead atoms. The largest absolute Gasteiger partial charge is 0.381 e. The molecule has 0 radical (unpaired) electrons. The van der Waals surface area contributed by atoms with Crippen molar-refractivity contribution in [1.29, 1.82) is 0 Å². The van der Waals surface area contributed by atoms with Crippen LogP contribution < -0.4 is 0 Å². The Labute approximate surface area is 161 Å². The second-order valence-corrected chi connectivity index (χ2v) is 8.46. The van der Waals surface area contributed by atoms with E-state index in [1.807, 2.05) is 11.0 Å². The molecule has 3 aliphatic heterocycles. The molecule has 0 unspecified atom stereocenters. The van der Waals surface area contributed by atoms with Gasteiger partial charge in [0.15, 0.2) is 0 Å². The number of hydrogen-bond acceptors (Lipinski definition) is 3. The molecule has 3 aliphatic rings. The van der Waals surface area contributed by atoms with Crippen molar-refractivity contribution in [3.63, 3.8) is 0 Å². The summed E-state index contributed by atoms with van der Waals surface area (Å²) in [6, 6.07) is 8.45. The molecule has 3 saturated heterocycles. The van der Waals surface area contributed by atoms with Gasteiger partial charge >= 0.3 is 0 Å². The molecule has 5 heteroatoms. The van der Waals surface area contributed by atoms with E-state index in [1.54, 1.807) is 6.92 Å². The summed E-state index contributed by atoms with van der Waals surface area (Å²) in [6.45, 7) is 7.68.